The van der Waals surface area contributed by atoms with Crippen molar-refractivity contribution in [2.75, 3.05) is 6.61 Å². The maximum absolute atomic E-state index is 5.76. The molecule has 1 nitrogen and oxygen atoms in total. The number of para-hydroxylation sites is 1. The monoisotopic (exact) mass is 189 g/mol. The van der Waals surface area contributed by atoms with E-state index in [1.807, 2.05) is 12.1 Å². The van der Waals surface area contributed by atoms with E-state index in [1.54, 1.807) is 0 Å². The Bertz CT molecular complexity index is 319. The molecule has 0 saturated heterocycles. The highest BCUT2D eigenvalue weighted by Crippen LogP contribution is 2.38. The van der Waals surface area contributed by atoms with Gasteiger partial charge in [-0.25, -0.2) is 0 Å². The lowest BCUT2D eigenvalue weighted by Gasteiger charge is -2.34. The van der Waals surface area contributed by atoms with Crippen LogP contribution in [0.25, 0.3) is 0 Å². The second-order valence-electron chi connectivity index (χ2n) is 4.37. The lowest BCUT2D eigenvalue weighted by molar-refractivity contribution is 0.165. The summed E-state index contributed by atoms with van der Waals surface area (Å²) in [6.07, 6.45) is 4.76. The van der Waals surface area contributed by atoms with E-state index in [2.05, 4.69) is 32.4 Å². The molecular formula is C13H17O. The predicted octanol–water partition coefficient (Wildman–Crippen LogP) is 3.44. The zero-order valence-electron chi connectivity index (χ0n) is 8.92. The van der Waals surface area contributed by atoms with Gasteiger partial charge in [0.25, 0.3) is 0 Å². The van der Waals surface area contributed by atoms with Crippen molar-refractivity contribution in [3.8, 4) is 5.75 Å². The normalized spacial score (nSPS) is 25.3. The minimum Gasteiger partial charge on any atom is -0.493 e. The summed E-state index contributed by atoms with van der Waals surface area (Å²) >= 11 is 0. The second kappa shape index (κ2) is 3.64. The molecule has 1 unspecified atom stereocenters. The van der Waals surface area contributed by atoms with Gasteiger partial charge in [-0.05, 0) is 18.1 Å². The molecule has 1 heterocycles. The molecule has 0 bridgehead atoms. The fourth-order valence-corrected chi connectivity index (χ4v) is 2.11. The summed E-state index contributed by atoms with van der Waals surface area (Å²) in [4.78, 5) is 0. The highest BCUT2D eigenvalue weighted by Gasteiger charge is 2.30. The Labute approximate surface area is 86.1 Å². The van der Waals surface area contributed by atoms with Crippen molar-refractivity contribution >= 4 is 0 Å². The van der Waals surface area contributed by atoms with Gasteiger partial charge in [-0.2, -0.15) is 0 Å². The molecule has 1 aliphatic rings. The molecule has 1 aromatic rings. The number of ether oxygens (including phenoxy) is 1. The minimum atomic E-state index is 0.225. The molecule has 2 rings (SSSR count). The third kappa shape index (κ3) is 1.77. The Morgan fingerprint density at radius 2 is 2.14 bits per heavy atom. The first-order valence-corrected chi connectivity index (χ1v) is 5.31. The Balaban J connectivity index is 2.20. The van der Waals surface area contributed by atoms with Crippen LogP contribution in [-0.2, 0) is 0 Å². The van der Waals surface area contributed by atoms with Gasteiger partial charge in [0.2, 0.25) is 0 Å². The van der Waals surface area contributed by atoms with Crippen LogP contribution < -0.4 is 4.74 Å². The Hall–Kier alpha value is -0.980. The first-order chi connectivity index (χ1) is 6.73. The summed E-state index contributed by atoms with van der Waals surface area (Å²) in [6, 6.07) is 8.26. The topological polar surface area (TPSA) is 9.23 Å². The van der Waals surface area contributed by atoms with Gasteiger partial charge in [0, 0.05) is 11.8 Å². The molecule has 0 amide bonds. The summed E-state index contributed by atoms with van der Waals surface area (Å²) in [6.45, 7) is 5.31. The van der Waals surface area contributed by atoms with Crippen molar-refractivity contribution in [2.45, 2.75) is 26.7 Å². The Morgan fingerprint density at radius 3 is 2.93 bits per heavy atom. The maximum atomic E-state index is 5.76. The molecule has 0 aromatic heterocycles. The van der Waals surface area contributed by atoms with Crippen LogP contribution in [0.4, 0.5) is 0 Å². The Morgan fingerprint density at radius 1 is 1.36 bits per heavy atom. The van der Waals surface area contributed by atoms with Gasteiger partial charge in [0.15, 0.2) is 0 Å². The number of hydrogen-bond acceptors (Lipinski definition) is 1. The lowest BCUT2D eigenvalue weighted by Crippen LogP contribution is -2.30. The van der Waals surface area contributed by atoms with E-state index in [0.29, 0.717) is 0 Å². The van der Waals surface area contributed by atoms with Gasteiger partial charge in [0.1, 0.15) is 5.75 Å². The molecule has 1 aromatic carbocycles. The molecule has 1 radical (unpaired) electrons. The van der Waals surface area contributed by atoms with Crippen LogP contribution in [0.3, 0.4) is 0 Å². The summed E-state index contributed by atoms with van der Waals surface area (Å²) in [5.41, 5.74) is 1.47. The van der Waals surface area contributed by atoms with E-state index in [0.717, 1.165) is 12.4 Å². The SMILES string of the molecule is CCCC1(C)[CH]c2ccccc2OC1. The van der Waals surface area contributed by atoms with Crippen LogP contribution in [0.15, 0.2) is 24.3 Å². The zero-order valence-corrected chi connectivity index (χ0v) is 8.92. The largest absolute Gasteiger partial charge is 0.493 e. The van der Waals surface area contributed by atoms with Crippen molar-refractivity contribution in [3.63, 3.8) is 0 Å². The van der Waals surface area contributed by atoms with E-state index in [-0.39, 0.29) is 5.41 Å². The predicted molar refractivity (Wildman–Crippen MR) is 58.4 cm³/mol. The van der Waals surface area contributed by atoms with Crippen LogP contribution in [0, 0.1) is 11.8 Å². The third-order valence-corrected chi connectivity index (χ3v) is 2.80. The fourth-order valence-electron chi connectivity index (χ4n) is 2.11. The summed E-state index contributed by atoms with van der Waals surface area (Å²) in [5, 5.41) is 0. The van der Waals surface area contributed by atoms with Crippen molar-refractivity contribution in [1.29, 1.82) is 0 Å². The average Bonchev–Trinajstić information content (AvgIpc) is 2.17. The number of fused-ring (bicyclic) bond motifs is 1. The summed E-state index contributed by atoms with van der Waals surface area (Å²) in [7, 11) is 0. The van der Waals surface area contributed by atoms with Gasteiger partial charge in [-0.3, -0.25) is 0 Å². The fraction of sp³-hybridized carbons (Fsp3) is 0.462. The molecule has 75 valence electrons. The van der Waals surface area contributed by atoms with Gasteiger partial charge in [0.05, 0.1) is 6.61 Å². The quantitative estimate of drug-likeness (QED) is 0.692. The molecule has 0 spiro atoms. The van der Waals surface area contributed by atoms with Crippen molar-refractivity contribution in [3.05, 3.63) is 36.2 Å². The standard InChI is InChI=1S/C13H17O/c1-3-8-13(2)9-11-6-4-5-7-12(11)14-10-13/h4-7,9H,3,8,10H2,1-2H3. The van der Waals surface area contributed by atoms with E-state index in [9.17, 15) is 0 Å². The summed E-state index contributed by atoms with van der Waals surface area (Å²) in [5.74, 6) is 1.03. The summed E-state index contributed by atoms with van der Waals surface area (Å²) < 4.78 is 5.76. The Kier molecular flexibility index (Phi) is 2.49. The van der Waals surface area contributed by atoms with E-state index in [4.69, 9.17) is 4.74 Å². The molecule has 1 aliphatic heterocycles. The van der Waals surface area contributed by atoms with Crippen LogP contribution in [0.1, 0.15) is 32.3 Å². The number of rotatable bonds is 2. The molecule has 0 N–H and O–H groups in total. The van der Waals surface area contributed by atoms with Crippen LogP contribution in [0.5, 0.6) is 5.75 Å². The molecule has 0 aliphatic carbocycles. The molecule has 0 saturated carbocycles. The van der Waals surface area contributed by atoms with Gasteiger partial charge in [-0.1, -0.05) is 38.5 Å². The lowest BCUT2D eigenvalue weighted by atomic mass is 9.79. The van der Waals surface area contributed by atoms with Gasteiger partial charge in [-0.15, -0.1) is 0 Å². The zero-order chi connectivity index (χ0) is 10.0. The highest BCUT2D eigenvalue weighted by atomic mass is 16.5. The minimum absolute atomic E-state index is 0.225. The first kappa shape index (κ1) is 9.57. The number of hydrogen-bond donors (Lipinski definition) is 0. The van der Waals surface area contributed by atoms with Crippen LogP contribution >= 0.6 is 0 Å². The smallest absolute Gasteiger partial charge is 0.122 e. The van der Waals surface area contributed by atoms with E-state index < -0.39 is 0 Å². The van der Waals surface area contributed by atoms with Crippen molar-refractivity contribution in [2.24, 2.45) is 5.41 Å². The van der Waals surface area contributed by atoms with E-state index >= 15 is 0 Å². The molecule has 0 fully saturated rings. The van der Waals surface area contributed by atoms with Gasteiger partial charge < -0.3 is 4.74 Å². The second-order valence-corrected chi connectivity index (χ2v) is 4.37. The molecular weight excluding hydrogens is 172 g/mol. The highest BCUT2D eigenvalue weighted by molar-refractivity contribution is 5.42. The van der Waals surface area contributed by atoms with Gasteiger partial charge >= 0.3 is 0 Å². The van der Waals surface area contributed by atoms with Crippen LogP contribution in [-0.4, -0.2) is 6.61 Å². The molecule has 1 heteroatoms. The van der Waals surface area contributed by atoms with Crippen molar-refractivity contribution in [1.82, 2.24) is 0 Å². The number of benzene rings is 1. The van der Waals surface area contributed by atoms with Crippen molar-refractivity contribution < 1.29 is 4.74 Å². The van der Waals surface area contributed by atoms with Crippen LogP contribution in [0.2, 0.25) is 0 Å². The first-order valence-electron chi connectivity index (χ1n) is 5.31. The average molecular weight is 189 g/mol. The third-order valence-electron chi connectivity index (χ3n) is 2.80. The van der Waals surface area contributed by atoms with E-state index in [1.165, 1.54) is 18.4 Å². The molecule has 14 heavy (non-hydrogen) atoms. The molecule has 1 atom stereocenters. The maximum Gasteiger partial charge on any atom is 0.122 e.